The number of anilines is 1. The average molecular weight is 285 g/mol. The van der Waals surface area contributed by atoms with Crippen LogP contribution in [0, 0.1) is 0 Å². The van der Waals surface area contributed by atoms with Crippen LogP contribution in [0.2, 0.25) is 0 Å². The van der Waals surface area contributed by atoms with Gasteiger partial charge in [-0.3, -0.25) is 4.79 Å². The summed E-state index contributed by atoms with van der Waals surface area (Å²) >= 11 is 0.987. The molecule has 96 valence electrons. The summed E-state index contributed by atoms with van der Waals surface area (Å²) < 4.78 is 26.2. The first-order chi connectivity index (χ1) is 8.47. The van der Waals surface area contributed by atoms with E-state index in [0.29, 0.717) is 11.4 Å². The number of aromatic amines is 1. The van der Waals surface area contributed by atoms with E-state index in [0.717, 1.165) is 11.3 Å². The molecule has 6 nitrogen and oxygen atoms in total. The lowest BCUT2D eigenvalue weighted by molar-refractivity contribution is 0.580. The van der Waals surface area contributed by atoms with Crippen LogP contribution in [0.25, 0.3) is 0 Å². The van der Waals surface area contributed by atoms with E-state index in [1.807, 2.05) is 0 Å². The minimum absolute atomic E-state index is 0.0376. The van der Waals surface area contributed by atoms with Crippen LogP contribution in [0.3, 0.4) is 0 Å². The van der Waals surface area contributed by atoms with Crippen molar-refractivity contribution in [3.05, 3.63) is 45.0 Å². The molecule has 2 aromatic rings. The van der Waals surface area contributed by atoms with Gasteiger partial charge in [-0.2, -0.15) is 0 Å². The molecule has 0 unspecified atom stereocenters. The predicted molar refractivity (Wildman–Crippen MR) is 69.8 cm³/mol. The third kappa shape index (κ3) is 2.97. The SMILES string of the molecule is Nc1cccc(S(=O)(=O)NCc2csc(=O)[nH]2)c1. The van der Waals surface area contributed by atoms with E-state index in [4.69, 9.17) is 5.73 Å². The number of nitrogens with one attached hydrogen (secondary N) is 2. The Hall–Kier alpha value is -1.64. The van der Waals surface area contributed by atoms with Gasteiger partial charge in [0.15, 0.2) is 0 Å². The fraction of sp³-hybridized carbons (Fsp3) is 0.100. The van der Waals surface area contributed by atoms with Crippen molar-refractivity contribution in [2.24, 2.45) is 0 Å². The summed E-state index contributed by atoms with van der Waals surface area (Å²) in [5.74, 6) is 0. The standard InChI is InChI=1S/C10H11N3O3S2/c11-7-2-1-3-9(4-7)18(15,16)12-5-8-6-17-10(14)13-8/h1-4,6,12H,5,11H2,(H,13,14). The van der Waals surface area contributed by atoms with Gasteiger partial charge in [-0.05, 0) is 18.2 Å². The number of thiazole rings is 1. The first kappa shape index (κ1) is 12.8. The molecule has 0 saturated heterocycles. The van der Waals surface area contributed by atoms with Crippen molar-refractivity contribution >= 4 is 27.0 Å². The molecule has 0 bridgehead atoms. The van der Waals surface area contributed by atoms with E-state index < -0.39 is 10.0 Å². The van der Waals surface area contributed by atoms with Crippen LogP contribution in [0.4, 0.5) is 5.69 Å². The number of nitrogens with two attached hydrogens (primary N) is 1. The van der Waals surface area contributed by atoms with Gasteiger partial charge in [0.1, 0.15) is 0 Å². The Kier molecular flexibility index (Phi) is 3.50. The Bertz CT molecular complexity index is 703. The third-order valence-corrected chi connectivity index (χ3v) is 4.31. The largest absolute Gasteiger partial charge is 0.399 e. The molecule has 0 amide bonds. The number of benzene rings is 1. The molecule has 0 radical (unpaired) electrons. The van der Waals surface area contributed by atoms with Crippen LogP contribution in [0.15, 0.2) is 39.3 Å². The topological polar surface area (TPSA) is 105 Å². The van der Waals surface area contributed by atoms with Crippen molar-refractivity contribution in [3.8, 4) is 0 Å². The summed E-state index contributed by atoms with van der Waals surface area (Å²) in [4.78, 5) is 13.3. The van der Waals surface area contributed by atoms with Crippen LogP contribution in [0.1, 0.15) is 5.69 Å². The van der Waals surface area contributed by atoms with E-state index in [1.165, 1.54) is 12.1 Å². The van der Waals surface area contributed by atoms with Crippen molar-refractivity contribution in [2.45, 2.75) is 11.4 Å². The highest BCUT2D eigenvalue weighted by Crippen LogP contribution is 2.12. The van der Waals surface area contributed by atoms with Crippen LogP contribution >= 0.6 is 11.3 Å². The number of H-pyrrole nitrogens is 1. The summed E-state index contributed by atoms with van der Waals surface area (Å²) in [7, 11) is -3.62. The van der Waals surface area contributed by atoms with Crippen LogP contribution in [-0.2, 0) is 16.6 Å². The number of hydrogen-bond donors (Lipinski definition) is 3. The number of nitrogen functional groups attached to an aromatic ring is 1. The van der Waals surface area contributed by atoms with Gasteiger partial charge in [-0.15, -0.1) is 0 Å². The second kappa shape index (κ2) is 4.92. The lowest BCUT2D eigenvalue weighted by Gasteiger charge is -2.06. The first-order valence-electron chi connectivity index (χ1n) is 4.99. The third-order valence-electron chi connectivity index (χ3n) is 2.19. The zero-order chi connectivity index (χ0) is 13.2. The summed E-state index contributed by atoms with van der Waals surface area (Å²) in [6.45, 7) is 0.0376. The second-order valence-corrected chi connectivity index (χ2v) is 6.18. The van der Waals surface area contributed by atoms with Gasteiger partial charge in [-0.25, -0.2) is 13.1 Å². The molecular formula is C10H11N3O3S2. The smallest absolute Gasteiger partial charge is 0.304 e. The molecule has 4 N–H and O–H groups in total. The number of aromatic nitrogens is 1. The van der Waals surface area contributed by atoms with Crippen LogP contribution in [-0.4, -0.2) is 13.4 Å². The van der Waals surface area contributed by atoms with Gasteiger partial charge in [0, 0.05) is 16.8 Å². The van der Waals surface area contributed by atoms with Crippen molar-refractivity contribution < 1.29 is 8.42 Å². The number of rotatable bonds is 4. The Balaban J connectivity index is 2.15. The van der Waals surface area contributed by atoms with Gasteiger partial charge in [0.2, 0.25) is 10.0 Å². The van der Waals surface area contributed by atoms with Gasteiger partial charge < -0.3 is 10.7 Å². The highest BCUT2D eigenvalue weighted by Gasteiger charge is 2.14. The molecule has 8 heteroatoms. The van der Waals surface area contributed by atoms with E-state index >= 15 is 0 Å². The average Bonchev–Trinajstić information content (AvgIpc) is 2.73. The Morgan fingerprint density at radius 3 is 2.78 bits per heavy atom. The highest BCUT2D eigenvalue weighted by molar-refractivity contribution is 7.89. The zero-order valence-electron chi connectivity index (χ0n) is 9.21. The monoisotopic (exact) mass is 285 g/mol. The molecule has 1 aromatic carbocycles. The van der Waals surface area contributed by atoms with E-state index in [-0.39, 0.29) is 16.3 Å². The maximum atomic E-state index is 11.9. The maximum absolute atomic E-state index is 11.9. The molecule has 2 rings (SSSR count). The molecule has 18 heavy (non-hydrogen) atoms. The molecule has 0 aliphatic carbocycles. The zero-order valence-corrected chi connectivity index (χ0v) is 10.8. The number of sulfonamides is 1. The molecule has 1 heterocycles. The van der Waals surface area contributed by atoms with Crippen molar-refractivity contribution in [1.82, 2.24) is 9.71 Å². The molecule has 0 fully saturated rings. The maximum Gasteiger partial charge on any atom is 0.304 e. The molecule has 0 aliphatic heterocycles. The number of hydrogen-bond acceptors (Lipinski definition) is 5. The molecule has 0 aliphatic rings. The van der Waals surface area contributed by atoms with Crippen molar-refractivity contribution in [3.63, 3.8) is 0 Å². The van der Waals surface area contributed by atoms with Crippen LogP contribution < -0.4 is 15.3 Å². The minimum atomic E-state index is -3.62. The highest BCUT2D eigenvalue weighted by atomic mass is 32.2. The van der Waals surface area contributed by atoms with Gasteiger partial charge >= 0.3 is 4.87 Å². The second-order valence-electron chi connectivity index (χ2n) is 3.57. The van der Waals surface area contributed by atoms with E-state index in [9.17, 15) is 13.2 Å². The predicted octanol–water partition coefficient (Wildman–Crippen LogP) is 0.497. The van der Waals surface area contributed by atoms with Gasteiger partial charge in [-0.1, -0.05) is 17.4 Å². The summed E-state index contributed by atoms with van der Waals surface area (Å²) in [5.41, 5.74) is 6.43. The van der Waals surface area contributed by atoms with Gasteiger partial charge in [0.05, 0.1) is 11.4 Å². The Morgan fingerprint density at radius 2 is 2.17 bits per heavy atom. The fourth-order valence-electron chi connectivity index (χ4n) is 1.34. The fourth-order valence-corrected chi connectivity index (χ4v) is 2.98. The minimum Gasteiger partial charge on any atom is -0.399 e. The lowest BCUT2D eigenvalue weighted by Crippen LogP contribution is -2.23. The quantitative estimate of drug-likeness (QED) is 0.711. The Morgan fingerprint density at radius 1 is 1.39 bits per heavy atom. The molecule has 0 spiro atoms. The van der Waals surface area contributed by atoms with Crippen LogP contribution in [0.5, 0.6) is 0 Å². The van der Waals surface area contributed by atoms with E-state index in [2.05, 4.69) is 9.71 Å². The van der Waals surface area contributed by atoms with Crippen molar-refractivity contribution in [2.75, 3.05) is 5.73 Å². The molecular weight excluding hydrogens is 274 g/mol. The molecule has 0 atom stereocenters. The summed E-state index contributed by atoms with van der Waals surface area (Å²) in [5, 5.41) is 1.57. The molecule has 0 saturated carbocycles. The normalized spacial score (nSPS) is 11.6. The summed E-state index contributed by atoms with van der Waals surface area (Å²) in [6, 6.07) is 6.00. The van der Waals surface area contributed by atoms with Gasteiger partial charge in [0.25, 0.3) is 0 Å². The Labute approximate surface area is 108 Å². The van der Waals surface area contributed by atoms with E-state index in [1.54, 1.807) is 17.5 Å². The van der Waals surface area contributed by atoms with Crippen molar-refractivity contribution in [1.29, 1.82) is 0 Å². The molecule has 1 aromatic heterocycles. The first-order valence-corrected chi connectivity index (χ1v) is 7.35. The summed E-state index contributed by atoms with van der Waals surface area (Å²) in [6.07, 6.45) is 0. The lowest BCUT2D eigenvalue weighted by atomic mass is 10.3.